The second-order valence-corrected chi connectivity index (χ2v) is 7.46. The fourth-order valence-corrected chi connectivity index (χ4v) is 4.09. The molecule has 0 fully saturated rings. The largest absolute Gasteiger partial charge is 0.496 e. The molecule has 0 unspecified atom stereocenters. The van der Waals surface area contributed by atoms with E-state index in [1.165, 1.54) is 11.3 Å². The van der Waals surface area contributed by atoms with Gasteiger partial charge >= 0.3 is 0 Å². The number of carbonyl (C=O) groups excluding carboxylic acids is 1. The van der Waals surface area contributed by atoms with Crippen LogP contribution in [0.3, 0.4) is 0 Å². The van der Waals surface area contributed by atoms with E-state index in [1.54, 1.807) is 21.3 Å². The molecular formula is C22H21N3O4S. The zero-order valence-electron chi connectivity index (χ0n) is 17.0. The number of nitrogens with zero attached hydrogens (tertiary/aromatic N) is 1. The Morgan fingerprint density at radius 1 is 1.07 bits per heavy atom. The van der Waals surface area contributed by atoms with Crippen LogP contribution in [0.1, 0.15) is 16.1 Å². The van der Waals surface area contributed by atoms with Crippen molar-refractivity contribution in [2.24, 2.45) is 0 Å². The topological polar surface area (TPSA) is 85.5 Å². The van der Waals surface area contributed by atoms with E-state index in [0.717, 1.165) is 16.5 Å². The zero-order valence-corrected chi connectivity index (χ0v) is 17.8. The molecule has 154 valence electrons. The molecular weight excluding hydrogens is 402 g/mol. The monoisotopic (exact) mass is 423 g/mol. The lowest BCUT2D eigenvalue weighted by atomic mass is 10.1. The van der Waals surface area contributed by atoms with Crippen LogP contribution in [0.15, 0.2) is 41.8 Å². The van der Waals surface area contributed by atoms with Crippen LogP contribution < -0.4 is 19.5 Å². The number of rotatable bonds is 6. The Morgan fingerprint density at radius 2 is 1.83 bits per heavy atom. The molecule has 2 aromatic carbocycles. The summed E-state index contributed by atoms with van der Waals surface area (Å²) in [5.74, 6) is 1.51. The third-order valence-corrected chi connectivity index (χ3v) is 5.53. The molecule has 0 saturated carbocycles. The summed E-state index contributed by atoms with van der Waals surface area (Å²) in [4.78, 5) is 20.4. The zero-order chi connectivity index (χ0) is 21.3. The first-order valence-corrected chi connectivity index (χ1v) is 10.1. The van der Waals surface area contributed by atoms with Crippen molar-refractivity contribution in [3.63, 3.8) is 0 Å². The lowest BCUT2D eigenvalue weighted by Crippen LogP contribution is -2.11. The van der Waals surface area contributed by atoms with Crippen LogP contribution in [0, 0.1) is 6.92 Å². The Balaban J connectivity index is 1.66. The Morgan fingerprint density at radius 3 is 2.53 bits per heavy atom. The first kappa shape index (κ1) is 19.8. The van der Waals surface area contributed by atoms with Gasteiger partial charge in [-0.3, -0.25) is 10.1 Å². The number of carbonyl (C=O) groups is 1. The number of methoxy groups -OCH3 is 3. The number of fused-ring (bicyclic) bond motifs is 1. The van der Waals surface area contributed by atoms with Crippen LogP contribution in [0.4, 0.5) is 5.13 Å². The predicted octanol–water partition coefficient (Wildman–Crippen LogP) is 4.88. The molecule has 0 aliphatic heterocycles. The van der Waals surface area contributed by atoms with Crippen molar-refractivity contribution in [2.75, 3.05) is 26.6 Å². The minimum absolute atomic E-state index is 0.257. The third-order valence-electron chi connectivity index (χ3n) is 4.77. The Bertz CT molecular complexity index is 1200. The average Bonchev–Trinajstić information content (AvgIpc) is 3.39. The first-order chi connectivity index (χ1) is 14.5. The van der Waals surface area contributed by atoms with Crippen molar-refractivity contribution in [2.45, 2.75) is 6.92 Å². The van der Waals surface area contributed by atoms with Crippen molar-refractivity contribution in [1.82, 2.24) is 9.97 Å². The van der Waals surface area contributed by atoms with Crippen LogP contribution in [-0.2, 0) is 0 Å². The molecule has 7 nitrogen and oxygen atoms in total. The molecule has 1 amide bonds. The van der Waals surface area contributed by atoms with Crippen LogP contribution in [0.5, 0.6) is 17.2 Å². The highest BCUT2D eigenvalue weighted by Crippen LogP contribution is 2.47. The SMILES string of the molecule is COc1cc(C)c(OC)c(OC)c1-c1csc(NC(=O)c2cc3ccccc3[nH]2)n1. The van der Waals surface area contributed by atoms with Gasteiger partial charge in [0.15, 0.2) is 16.6 Å². The summed E-state index contributed by atoms with van der Waals surface area (Å²) < 4.78 is 16.7. The molecule has 0 aliphatic rings. The van der Waals surface area contributed by atoms with E-state index in [2.05, 4.69) is 15.3 Å². The fraction of sp³-hybridized carbons (Fsp3) is 0.182. The van der Waals surface area contributed by atoms with E-state index in [1.807, 2.05) is 48.7 Å². The molecule has 2 aromatic heterocycles. The highest BCUT2D eigenvalue weighted by Gasteiger charge is 2.23. The number of benzene rings is 2. The fourth-order valence-electron chi connectivity index (χ4n) is 3.40. The quantitative estimate of drug-likeness (QED) is 0.462. The Labute approximate surface area is 177 Å². The van der Waals surface area contributed by atoms with Gasteiger partial charge in [0.25, 0.3) is 5.91 Å². The summed E-state index contributed by atoms with van der Waals surface area (Å²) in [6, 6.07) is 11.4. The molecule has 0 bridgehead atoms. The van der Waals surface area contributed by atoms with Crippen LogP contribution in [-0.4, -0.2) is 37.2 Å². The number of anilines is 1. The van der Waals surface area contributed by atoms with Gasteiger partial charge in [0.05, 0.1) is 32.6 Å². The highest BCUT2D eigenvalue weighted by molar-refractivity contribution is 7.14. The van der Waals surface area contributed by atoms with Gasteiger partial charge in [0, 0.05) is 16.3 Å². The van der Waals surface area contributed by atoms with Gasteiger partial charge in [-0.2, -0.15) is 0 Å². The molecule has 0 radical (unpaired) electrons. The maximum atomic E-state index is 12.7. The van der Waals surface area contributed by atoms with Crippen molar-refractivity contribution in [3.8, 4) is 28.5 Å². The number of para-hydroxylation sites is 1. The summed E-state index contributed by atoms with van der Waals surface area (Å²) >= 11 is 1.32. The van der Waals surface area contributed by atoms with Gasteiger partial charge < -0.3 is 19.2 Å². The average molecular weight is 423 g/mol. The van der Waals surface area contributed by atoms with Gasteiger partial charge in [-0.15, -0.1) is 11.3 Å². The number of aryl methyl sites for hydroxylation is 1. The summed E-state index contributed by atoms with van der Waals surface area (Å²) in [5.41, 5.74) is 3.56. The van der Waals surface area contributed by atoms with Crippen LogP contribution >= 0.6 is 11.3 Å². The van der Waals surface area contributed by atoms with Crippen LogP contribution in [0.2, 0.25) is 0 Å². The van der Waals surface area contributed by atoms with E-state index in [-0.39, 0.29) is 5.91 Å². The molecule has 0 atom stereocenters. The number of amides is 1. The lowest BCUT2D eigenvalue weighted by Gasteiger charge is -2.17. The Hall–Kier alpha value is -3.52. The maximum absolute atomic E-state index is 12.7. The van der Waals surface area contributed by atoms with Gasteiger partial charge in [-0.05, 0) is 30.7 Å². The smallest absolute Gasteiger partial charge is 0.273 e. The van der Waals surface area contributed by atoms with Gasteiger partial charge in [-0.25, -0.2) is 4.98 Å². The molecule has 4 aromatic rings. The Kier molecular flexibility index (Phi) is 5.33. The summed E-state index contributed by atoms with van der Waals surface area (Å²) in [6.07, 6.45) is 0. The molecule has 2 N–H and O–H groups in total. The van der Waals surface area contributed by atoms with E-state index in [4.69, 9.17) is 14.2 Å². The second-order valence-electron chi connectivity index (χ2n) is 6.60. The predicted molar refractivity (Wildman–Crippen MR) is 118 cm³/mol. The number of hydrogen-bond acceptors (Lipinski definition) is 6. The number of thiazole rings is 1. The normalized spacial score (nSPS) is 10.8. The second kappa shape index (κ2) is 8.08. The summed E-state index contributed by atoms with van der Waals surface area (Å²) in [7, 11) is 4.76. The third kappa shape index (κ3) is 3.46. The molecule has 4 rings (SSSR count). The maximum Gasteiger partial charge on any atom is 0.273 e. The minimum atomic E-state index is -0.257. The number of aromatic amines is 1. The molecule has 0 aliphatic carbocycles. The molecule has 2 heterocycles. The van der Waals surface area contributed by atoms with E-state index < -0.39 is 0 Å². The first-order valence-electron chi connectivity index (χ1n) is 9.20. The number of H-pyrrole nitrogens is 1. The van der Waals surface area contributed by atoms with Crippen molar-refractivity contribution in [1.29, 1.82) is 0 Å². The van der Waals surface area contributed by atoms with E-state index >= 15 is 0 Å². The van der Waals surface area contributed by atoms with E-state index in [9.17, 15) is 4.79 Å². The van der Waals surface area contributed by atoms with Gasteiger partial charge in [0.2, 0.25) is 0 Å². The lowest BCUT2D eigenvalue weighted by molar-refractivity contribution is 0.102. The molecule has 0 saturated heterocycles. The summed E-state index contributed by atoms with van der Waals surface area (Å²) in [6.45, 7) is 1.92. The minimum Gasteiger partial charge on any atom is -0.496 e. The van der Waals surface area contributed by atoms with Crippen molar-refractivity contribution >= 4 is 33.3 Å². The number of ether oxygens (including phenoxy) is 3. The van der Waals surface area contributed by atoms with Gasteiger partial charge in [-0.1, -0.05) is 18.2 Å². The van der Waals surface area contributed by atoms with E-state index in [0.29, 0.717) is 39.3 Å². The van der Waals surface area contributed by atoms with Gasteiger partial charge in [0.1, 0.15) is 11.4 Å². The van der Waals surface area contributed by atoms with Crippen molar-refractivity contribution < 1.29 is 19.0 Å². The number of nitrogens with one attached hydrogen (secondary N) is 2. The van der Waals surface area contributed by atoms with Crippen molar-refractivity contribution in [3.05, 3.63) is 53.0 Å². The molecule has 0 spiro atoms. The highest BCUT2D eigenvalue weighted by atomic mass is 32.1. The molecule has 30 heavy (non-hydrogen) atoms. The molecule has 8 heteroatoms. The standard InChI is InChI=1S/C22H21N3O4S/c1-12-9-17(27-2)18(20(29-4)19(12)28-3)16-11-30-22(24-16)25-21(26)15-10-13-7-5-6-8-14(13)23-15/h5-11,23H,1-4H3,(H,24,25,26). The van der Waals surface area contributed by atoms with Crippen LogP contribution in [0.25, 0.3) is 22.2 Å². The number of hydrogen-bond donors (Lipinski definition) is 2. The summed E-state index contributed by atoms with van der Waals surface area (Å²) in [5, 5.41) is 6.14. The number of aromatic nitrogens is 2.